The first-order valence-electron chi connectivity index (χ1n) is 5.92. The van der Waals surface area contributed by atoms with Gasteiger partial charge in [0.15, 0.2) is 0 Å². The molecule has 0 aliphatic heterocycles. The zero-order chi connectivity index (χ0) is 13.2. The van der Waals surface area contributed by atoms with Crippen LogP contribution in [0.1, 0.15) is 11.4 Å². The largest absolute Gasteiger partial charge is 0.497 e. The molecule has 1 aromatic carbocycles. The molecule has 0 atom stereocenters. The Hall–Kier alpha value is -1.94. The van der Waals surface area contributed by atoms with Crippen molar-refractivity contribution in [1.82, 2.24) is 9.55 Å². The maximum Gasteiger partial charge on any atom is 0.125 e. The summed E-state index contributed by atoms with van der Waals surface area (Å²) in [6, 6.07) is 7.74. The van der Waals surface area contributed by atoms with E-state index in [-0.39, 0.29) is 0 Å². The van der Waals surface area contributed by atoms with Crippen molar-refractivity contribution in [2.24, 2.45) is 0 Å². The van der Waals surface area contributed by atoms with E-state index < -0.39 is 0 Å². The van der Waals surface area contributed by atoms with Gasteiger partial charge in [0.05, 0.1) is 43.1 Å². The minimum Gasteiger partial charge on any atom is -0.497 e. The summed E-state index contributed by atoms with van der Waals surface area (Å²) in [6.07, 6.45) is 3.39. The molecular formula is C14H13ClN2O2. The molecule has 2 heterocycles. The van der Waals surface area contributed by atoms with Crippen LogP contribution >= 0.6 is 11.6 Å². The van der Waals surface area contributed by atoms with Crippen molar-refractivity contribution in [1.29, 1.82) is 0 Å². The fourth-order valence-corrected chi connectivity index (χ4v) is 2.33. The molecule has 0 radical (unpaired) electrons. The van der Waals surface area contributed by atoms with Gasteiger partial charge in [-0.05, 0) is 18.2 Å². The number of hydrogen-bond donors (Lipinski definition) is 0. The number of fused-ring (bicyclic) bond motifs is 1. The van der Waals surface area contributed by atoms with Gasteiger partial charge in [0.25, 0.3) is 0 Å². The third kappa shape index (κ3) is 2.19. The lowest BCUT2D eigenvalue weighted by Crippen LogP contribution is -2.03. The molecular weight excluding hydrogens is 264 g/mol. The van der Waals surface area contributed by atoms with Crippen molar-refractivity contribution >= 4 is 22.6 Å². The molecule has 0 saturated carbocycles. The Morgan fingerprint density at radius 2 is 2.26 bits per heavy atom. The van der Waals surface area contributed by atoms with Crippen molar-refractivity contribution in [3.8, 4) is 5.75 Å². The summed E-state index contributed by atoms with van der Waals surface area (Å²) in [5.74, 6) is 2.02. The van der Waals surface area contributed by atoms with Crippen LogP contribution in [-0.2, 0) is 12.4 Å². The fourth-order valence-electron chi connectivity index (χ4n) is 2.12. The van der Waals surface area contributed by atoms with Gasteiger partial charge in [0, 0.05) is 11.6 Å². The maximum atomic E-state index is 5.98. The van der Waals surface area contributed by atoms with Gasteiger partial charge in [-0.3, -0.25) is 0 Å². The van der Waals surface area contributed by atoms with Crippen LogP contribution in [-0.4, -0.2) is 16.7 Å². The first-order chi connectivity index (χ1) is 9.31. The summed E-state index contributed by atoms with van der Waals surface area (Å²) in [6.45, 7) is 0.683. The second-order valence-corrected chi connectivity index (χ2v) is 4.50. The number of hydrogen-bond acceptors (Lipinski definition) is 3. The van der Waals surface area contributed by atoms with Crippen LogP contribution in [0.15, 0.2) is 41.2 Å². The van der Waals surface area contributed by atoms with Crippen LogP contribution in [0.25, 0.3) is 11.0 Å². The average Bonchev–Trinajstić information content (AvgIpc) is 3.07. The molecule has 0 saturated heterocycles. The van der Waals surface area contributed by atoms with Gasteiger partial charge in [-0.2, -0.15) is 0 Å². The van der Waals surface area contributed by atoms with E-state index in [0.29, 0.717) is 12.4 Å². The third-order valence-electron chi connectivity index (χ3n) is 3.07. The van der Waals surface area contributed by atoms with E-state index in [9.17, 15) is 0 Å². The molecule has 3 rings (SSSR count). The average molecular weight is 277 g/mol. The number of nitrogens with zero attached hydrogens (tertiary/aromatic N) is 2. The maximum absolute atomic E-state index is 5.98. The summed E-state index contributed by atoms with van der Waals surface area (Å²) < 4.78 is 12.4. The number of rotatable bonds is 4. The highest BCUT2D eigenvalue weighted by molar-refractivity contribution is 6.16. The van der Waals surface area contributed by atoms with E-state index in [2.05, 4.69) is 9.55 Å². The van der Waals surface area contributed by atoms with Gasteiger partial charge in [-0.25, -0.2) is 4.98 Å². The number of ether oxygens (including phenoxy) is 1. The molecule has 0 unspecified atom stereocenters. The van der Waals surface area contributed by atoms with Gasteiger partial charge >= 0.3 is 0 Å². The molecule has 3 aromatic rings. The van der Waals surface area contributed by atoms with E-state index in [1.807, 2.05) is 24.3 Å². The smallest absolute Gasteiger partial charge is 0.125 e. The first-order valence-corrected chi connectivity index (χ1v) is 6.45. The molecule has 0 aliphatic rings. The van der Waals surface area contributed by atoms with E-state index in [1.54, 1.807) is 19.6 Å². The van der Waals surface area contributed by atoms with Crippen LogP contribution in [0.3, 0.4) is 0 Å². The number of methoxy groups -OCH3 is 1. The predicted molar refractivity (Wildman–Crippen MR) is 73.7 cm³/mol. The summed E-state index contributed by atoms with van der Waals surface area (Å²) in [5, 5.41) is 0. The van der Waals surface area contributed by atoms with Crippen LogP contribution in [0, 0.1) is 0 Å². The minimum atomic E-state index is 0.370. The van der Waals surface area contributed by atoms with Crippen molar-refractivity contribution in [2.75, 3.05) is 7.11 Å². The molecule has 19 heavy (non-hydrogen) atoms. The van der Waals surface area contributed by atoms with Crippen LogP contribution in [0.2, 0.25) is 0 Å². The number of aromatic nitrogens is 2. The molecule has 0 amide bonds. The lowest BCUT2D eigenvalue weighted by Gasteiger charge is -2.06. The molecule has 5 heteroatoms. The highest BCUT2D eigenvalue weighted by Gasteiger charge is 2.11. The minimum absolute atomic E-state index is 0.370. The SMILES string of the molecule is COc1ccc2nc(CCl)n(Cc3ccoc3)c2c1. The van der Waals surface area contributed by atoms with Crippen molar-refractivity contribution in [2.45, 2.75) is 12.4 Å². The second kappa shape index (κ2) is 4.97. The summed E-state index contributed by atoms with van der Waals surface area (Å²) >= 11 is 5.98. The van der Waals surface area contributed by atoms with Gasteiger partial charge in [-0.1, -0.05) is 0 Å². The standard InChI is InChI=1S/C14H13ClN2O2/c1-18-11-2-3-12-13(6-11)17(14(7-15)16-12)8-10-4-5-19-9-10/h2-6,9H,7-8H2,1H3. The quantitative estimate of drug-likeness (QED) is 0.686. The van der Waals surface area contributed by atoms with Crippen LogP contribution < -0.4 is 4.74 Å². The Morgan fingerprint density at radius 3 is 2.95 bits per heavy atom. The zero-order valence-electron chi connectivity index (χ0n) is 10.5. The fraction of sp³-hybridized carbons (Fsp3) is 0.214. The van der Waals surface area contributed by atoms with Gasteiger partial charge in [0.1, 0.15) is 11.6 Å². The van der Waals surface area contributed by atoms with Crippen molar-refractivity contribution < 1.29 is 9.15 Å². The number of alkyl halides is 1. The molecule has 0 spiro atoms. The molecule has 0 fully saturated rings. The molecule has 98 valence electrons. The highest BCUT2D eigenvalue weighted by Crippen LogP contribution is 2.23. The number of halogens is 1. The molecule has 4 nitrogen and oxygen atoms in total. The zero-order valence-corrected chi connectivity index (χ0v) is 11.2. The predicted octanol–water partition coefficient (Wildman–Crippen LogP) is 3.43. The van der Waals surface area contributed by atoms with E-state index in [4.69, 9.17) is 20.8 Å². The number of furan rings is 1. The van der Waals surface area contributed by atoms with Crippen LogP contribution in [0.5, 0.6) is 5.75 Å². The monoisotopic (exact) mass is 276 g/mol. The molecule has 0 N–H and O–H groups in total. The molecule has 0 bridgehead atoms. The van der Waals surface area contributed by atoms with Crippen molar-refractivity contribution in [3.63, 3.8) is 0 Å². The highest BCUT2D eigenvalue weighted by atomic mass is 35.5. The Kier molecular flexibility index (Phi) is 3.17. The normalized spacial score (nSPS) is 11.1. The Labute approximate surface area is 115 Å². The number of benzene rings is 1. The van der Waals surface area contributed by atoms with Gasteiger partial charge in [0.2, 0.25) is 0 Å². The van der Waals surface area contributed by atoms with Gasteiger partial charge in [-0.15, -0.1) is 11.6 Å². The Bertz CT molecular complexity index is 689. The number of imidazole rings is 1. The lowest BCUT2D eigenvalue weighted by atomic mass is 10.3. The van der Waals surface area contributed by atoms with E-state index in [1.165, 1.54) is 0 Å². The van der Waals surface area contributed by atoms with Crippen molar-refractivity contribution in [3.05, 3.63) is 48.2 Å². The third-order valence-corrected chi connectivity index (χ3v) is 3.31. The molecule has 2 aromatic heterocycles. The second-order valence-electron chi connectivity index (χ2n) is 4.23. The molecule has 0 aliphatic carbocycles. The lowest BCUT2D eigenvalue weighted by molar-refractivity contribution is 0.415. The summed E-state index contributed by atoms with van der Waals surface area (Å²) in [5.41, 5.74) is 3.00. The Balaban J connectivity index is 2.13. The van der Waals surface area contributed by atoms with Crippen LogP contribution in [0.4, 0.5) is 0 Å². The van der Waals surface area contributed by atoms with E-state index in [0.717, 1.165) is 28.2 Å². The summed E-state index contributed by atoms with van der Waals surface area (Å²) in [4.78, 5) is 4.53. The van der Waals surface area contributed by atoms with E-state index >= 15 is 0 Å². The first kappa shape index (κ1) is 12.1. The topological polar surface area (TPSA) is 40.2 Å². The van der Waals surface area contributed by atoms with Gasteiger partial charge < -0.3 is 13.7 Å². The summed E-state index contributed by atoms with van der Waals surface area (Å²) in [7, 11) is 1.65. The Morgan fingerprint density at radius 1 is 1.37 bits per heavy atom.